The number of ether oxygens (including phenoxy) is 1. The second kappa shape index (κ2) is 10.3. The lowest BCUT2D eigenvalue weighted by Gasteiger charge is -2.15. The van der Waals surface area contributed by atoms with Gasteiger partial charge in [0.2, 0.25) is 0 Å². The molecule has 0 aromatic heterocycles. The fraction of sp³-hybridized carbons (Fsp3) is 1.00. The molecule has 0 amide bonds. The summed E-state index contributed by atoms with van der Waals surface area (Å²) >= 11 is 1.87. The molecule has 1 atom stereocenters. The van der Waals surface area contributed by atoms with Crippen molar-refractivity contribution in [3.63, 3.8) is 0 Å². The van der Waals surface area contributed by atoms with E-state index in [1.54, 1.807) is 7.11 Å². The summed E-state index contributed by atoms with van der Waals surface area (Å²) in [6, 6.07) is 0.442. The van der Waals surface area contributed by atoms with Crippen LogP contribution in [0.15, 0.2) is 0 Å². The van der Waals surface area contributed by atoms with Gasteiger partial charge in [-0.05, 0) is 13.0 Å². The van der Waals surface area contributed by atoms with E-state index in [9.17, 15) is 0 Å². The fourth-order valence-electron chi connectivity index (χ4n) is 1.06. The highest BCUT2D eigenvalue weighted by Crippen LogP contribution is 2.05. The summed E-state index contributed by atoms with van der Waals surface area (Å²) in [7, 11) is 1.72. The van der Waals surface area contributed by atoms with Gasteiger partial charge in [0.05, 0.1) is 6.61 Å². The molecule has 0 rings (SSSR count). The quantitative estimate of drug-likeness (QED) is 0.547. The molecule has 0 aromatic rings. The maximum absolute atomic E-state index is 8.79. The van der Waals surface area contributed by atoms with Crippen molar-refractivity contribution < 1.29 is 9.84 Å². The molecule has 2 N–H and O–H groups in total. The number of aliphatic hydroxyl groups is 1. The van der Waals surface area contributed by atoms with Crippen molar-refractivity contribution in [3.05, 3.63) is 0 Å². The number of methoxy groups -OCH3 is 1. The van der Waals surface area contributed by atoms with E-state index in [0.717, 1.165) is 31.1 Å². The van der Waals surface area contributed by atoms with Gasteiger partial charge in [0.15, 0.2) is 0 Å². The molecule has 0 aliphatic carbocycles. The zero-order valence-electron chi connectivity index (χ0n) is 8.58. The van der Waals surface area contributed by atoms with Crippen LogP contribution in [0, 0.1) is 0 Å². The average molecular weight is 207 g/mol. The molecular weight excluding hydrogens is 186 g/mol. The van der Waals surface area contributed by atoms with Gasteiger partial charge in [0.1, 0.15) is 0 Å². The summed E-state index contributed by atoms with van der Waals surface area (Å²) in [6.45, 7) is 4.13. The predicted octanol–water partition coefficient (Wildman–Crippen LogP) is 0.726. The van der Waals surface area contributed by atoms with Gasteiger partial charge in [-0.25, -0.2) is 0 Å². The molecule has 0 bridgehead atoms. The van der Waals surface area contributed by atoms with Crippen molar-refractivity contribution in [2.24, 2.45) is 0 Å². The minimum absolute atomic E-state index is 0.266. The Kier molecular flexibility index (Phi) is 10.5. The maximum Gasteiger partial charge on any atom is 0.0552 e. The van der Waals surface area contributed by atoms with Crippen LogP contribution in [-0.4, -0.2) is 49.5 Å². The third-order valence-electron chi connectivity index (χ3n) is 1.72. The number of aliphatic hydroxyl groups excluding tert-OH is 1. The molecule has 0 fully saturated rings. The number of hydrogen-bond donors (Lipinski definition) is 2. The molecule has 0 heterocycles. The van der Waals surface area contributed by atoms with Gasteiger partial charge >= 0.3 is 0 Å². The van der Waals surface area contributed by atoms with Crippen LogP contribution >= 0.6 is 11.8 Å². The fourth-order valence-corrected chi connectivity index (χ4v) is 2.08. The van der Waals surface area contributed by atoms with Crippen LogP contribution in [0.4, 0.5) is 0 Å². The molecule has 1 unspecified atom stereocenters. The number of thioether (sulfide) groups is 1. The maximum atomic E-state index is 8.79. The van der Waals surface area contributed by atoms with E-state index in [1.165, 1.54) is 0 Å². The van der Waals surface area contributed by atoms with E-state index in [2.05, 4.69) is 12.2 Å². The van der Waals surface area contributed by atoms with Crippen molar-refractivity contribution in [1.82, 2.24) is 5.32 Å². The number of nitrogens with one attached hydrogen (secondary N) is 1. The van der Waals surface area contributed by atoms with Gasteiger partial charge in [-0.1, -0.05) is 6.92 Å². The summed E-state index contributed by atoms with van der Waals surface area (Å²) in [5.74, 6) is 2.08. The van der Waals surface area contributed by atoms with Crippen LogP contribution in [0.25, 0.3) is 0 Å². The Labute approximate surface area is 85.2 Å². The smallest absolute Gasteiger partial charge is 0.0552 e. The van der Waals surface area contributed by atoms with Gasteiger partial charge in [-0.3, -0.25) is 0 Å². The molecule has 0 radical (unpaired) electrons. The van der Waals surface area contributed by atoms with Crippen molar-refractivity contribution in [1.29, 1.82) is 0 Å². The first-order valence-corrected chi connectivity index (χ1v) is 5.91. The molecule has 0 aliphatic heterocycles. The summed E-state index contributed by atoms with van der Waals surface area (Å²) in [5, 5.41) is 12.1. The summed E-state index contributed by atoms with van der Waals surface area (Å²) in [6.07, 6.45) is 0.841. The molecule has 0 aromatic carbocycles. The molecule has 0 saturated heterocycles. The van der Waals surface area contributed by atoms with E-state index in [4.69, 9.17) is 9.84 Å². The van der Waals surface area contributed by atoms with Crippen LogP contribution in [-0.2, 0) is 4.74 Å². The Morgan fingerprint density at radius 1 is 1.54 bits per heavy atom. The van der Waals surface area contributed by atoms with Gasteiger partial charge in [-0.2, -0.15) is 11.8 Å². The second-order valence-electron chi connectivity index (χ2n) is 2.83. The van der Waals surface area contributed by atoms with Gasteiger partial charge in [-0.15, -0.1) is 0 Å². The van der Waals surface area contributed by atoms with E-state index in [0.29, 0.717) is 6.04 Å². The molecule has 0 spiro atoms. The Balaban J connectivity index is 3.33. The predicted molar refractivity (Wildman–Crippen MR) is 58.4 cm³/mol. The van der Waals surface area contributed by atoms with Crippen LogP contribution in [0.2, 0.25) is 0 Å². The van der Waals surface area contributed by atoms with E-state index >= 15 is 0 Å². The largest absolute Gasteiger partial charge is 0.396 e. The Bertz CT molecular complexity index is 97.6. The lowest BCUT2D eigenvalue weighted by atomic mass is 10.2. The molecule has 13 heavy (non-hydrogen) atoms. The molecule has 0 aliphatic rings. The van der Waals surface area contributed by atoms with Crippen molar-refractivity contribution in [2.75, 3.05) is 38.4 Å². The van der Waals surface area contributed by atoms with Gasteiger partial charge < -0.3 is 15.2 Å². The van der Waals surface area contributed by atoms with Gasteiger partial charge in [0.25, 0.3) is 0 Å². The Morgan fingerprint density at radius 3 is 2.85 bits per heavy atom. The lowest BCUT2D eigenvalue weighted by Crippen LogP contribution is -2.32. The van der Waals surface area contributed by atoms with Crippen LogP contribution in [0.3, 0.4) is 0 Å². The summed E-state index contributed by atoms with van der Waals surface area (Å²) < 4.78 is 4.95. The normalized spacial score (nSPS) is 13.2. The molecule has 4 heteroatoms. The summed E-state index contributed by atoms with van der Waals surface area (Å²) in [4.78, 5) is 0. The van der Waals surface area contributed by atoms with Crippen LogP contribution < -0.4 is 5.32 Å². The second-order valence-corrected chi connectivity index (χ2v) is 3.98. The zero-order valence-corrected chi connectivity index (χ0v) is 9.40. The average Bonchev–Trinajstić information content (AvgIpc) is 2.13. The van der Waals surface area contributed by atoms with E-state index in [-0.39, 0.29) is 6.61 Å². The third-order valence-corrected chi connectivity index (χ3v) is 2.81. The van der Waals surface area contributed by atoms with E-state index < -0.39 is 0 Å². The standard InChI is InChI=1S/C9H21NO2S/c1-3-10-9(4-5-11)8-13-7-6-12-2/h9-11H,3-8H2,1-2H3. The number of rotatable bonds is 9. The minimum Gasteiger partial charge on any atom is -0.396 e. The molecular formula is C9H21NO2S. The van der Waals surface area contributed by atoms with E-state index in [1.807, 2.05) is 11.8 Å². The van der Waals surface area contributed by atoms with Crippen LogP contribution in [0.1, 0.15) is 13.3 Å². The highest BCUT2D eigenvalue weighted by atomic mass is 32.2. The highest BCUT2D eigenvalue weighted by molar-refractivity contribution is 7.99. The van der Waals surface area contributed by atoms with Crippen molar-refractivity contribution in [2.45, 2.75) is 19.4 Å². The number of hydrogen-bond acceptors (Lipinski definition) is 4. The molecule has 3 nitrogen and oxygen atoms in total. The molecule has 0 saturated carbocycles. The summed E-state index contributed by atoms with van der Waals surface area (Å²) in [5.41, 5.74) is 0. The zero-order chi connectivity index (χ0) is 9.94. The monoisotopic (exact) mass is 207 g/mol. The van der Waals surface area contributed by atoms with Crippen molar-refractivity contribution >= 4 is 11.8 Å². The molecule has 80 valence electrons. The minimum atomic E-state index is 0.266. The first-order chi connectivity index (χ1) is 6.35. The lowest BCUT2D eigenvalue weighted by molar-refractivity contribution is 0.218. The van der Waals surface area contributed by atoms with Gasteiger partial charge in [0, 0.05) is 31.3 Å². The first kappa shape index (κ1) is 13.2. The van der Waals surface area contributed by atoms with Crippen molar-refractivity contribution in [3.8, 4) is 0 Å². The Hall–Kier alpha value is 0.230. The Morgan fingerprint density at radius 2 is 2.31 bits per heavy atom. The first-order valence-electron chi connectivity index (χ1n) is 4.76. The van der Waals surface area contributed by atoms with Crippen LogP contribution in [0.5, 0.6) is 0 Å². The SMILES string of the molecule is CCNC(CCO)CSCCOC. The highest BCUT2D eigenvalue weighted by Gasteiger charge is 2.05. The topological polar surface area (TPSA) is 41.5 Å². The third kappa shape index (κ3) is 8.56.